The van der Waals surface area contributed by atoms with Gasteiger partial charge >= 0.3 is 12.1 Å². The van der Waals surface area contributed by atoms with E-state index >= 15 is 0 Å². The average molecular weight is 394 g/mol. The fraction of sp³-hybridized carbons (Fsp3) is 0.636. The van der Waals surface area contributed by atoms with Crippen molar-refractivity contribution < 1.29 is 23.8 Å². The quantitative estimate of drug-likeness (QED) is 0.619. The molecule has 0 fully saturated rings. The van der Waals surface area contributed by atoms with Crippen LogP contribution in [-0.2, 0) is 25.4 Å². The zero-order chi connectivity index (χ0) is 21.4. The molecule has 6 nitrogen and oxygen atoms in total. The number of esters is 1. The van der Waals surface area contributed by atoms with Crippen LogP contribution in [0.4, 0.5) is 4.79 Å². The average Bonchev–Trinajstić information content (AvgIpc) is 2.58. The van der Waals surface area contributed by atoms with Crippen molar-refractivity contribution in [1.82, 2.24) is 4.90 Å². The first-order valence-corrected chi connectivity index (χ1v) is 9.68. The second-order valence-corrected chi connectivity index (χ2v) is 8.73. The topological polar surface area (TPSA) is 65.1 Å². The number of nitrogens with zero attached hydrogens (tertiary/aromatic N) is 1. The van der Waals surface area contributed by atoms with Gasteiger partial charge in [-0.05, 0) is 59.9 Å². The lowest BCUT2D eigenvalue weighted by atomic mass is 10.1. The van der Waals surface area contributed by atoms with Gasteiger partial charge in [0.15, 0.2) is 6.04 Å². The van der Waals surface area contributed by atoms with Gasteiger partial charge in [0.05, 0.1) is 19.3 Å². The third-order valence-electron chi connectivity index (χ3n) is 3.86. The summed E-state index contributed by atoms with van der Waals surface area (Å²) in [5.41, 5.74) is 0.0585. The number of carbonyl (C=O) groups is 2. The SMILES string of the molecule is COC(=O)C(COC(C)(C)C)N(CCCc1ccccc1)C(=O)OC(C)(C)C. The van der Waals surface area contributed by atoms with Crippen molar-refractivity contribution in [1.29, 1.82) is 0 Å². The molecule has 0 radical (unpaired) electrons. The van der Waals surface area contributed by atoms with E-state index in [9.17, 15) is 9.59 Å². The van der Waals surface area contributed by atoms with Crippen molar-refractivity contribution in [3.8, 4) is 0 Å². The number of benzene rings is 1. The van der Waals surface area contributed by atoms with E-state index in [0.717, 1.165) is 6.42 Å². The van der Waals surface area contributed by atoms with Gasteiger partial charge in [0.2, 0.25) is 0 Å². The fourth-order valence-electron chi connectivity index (χ4n) is 2.54. The molecule has 0 aliphatic heterocycles. The summed E-state index contributed by atoms with van der Waals surface area (Å²) in [7, 11) is 1.31. The van der Waals surface area contributed by atoms with E-state index in [0.29, 0.717) is 13.0 Å². The van der Waals surface area contributed by atoms with Crippen LogP contribution in [0.5, 0.6) is 0 Å². The van der Waals surface area contributed by atoms with Crippen LogP contribution in [0.2, 0.25) is 0 Å². The Hall–Kier alpha value is -2.08. The second-order valence-electron chi connectivity index (χ2n) is 8.73. The Morgan fingerprint density at radius 3 is 2.11 bits per heavy atom. The molecule has 0 N–H and O–H groups in total. The van der Waals surface area contributed by atoms with Crippen molar-refractivity contribution in [2.45, 2.75) is 71.6 Å². The molecule has 0 aliphatic rings. The number of rotatable bonds is 8. The first-order chi connectivity index (χ1) is 12.9. The minimum absolute atomic E-state index is 0.0424. The van der Waals surface area contributed by atoms with Gasteiger partial charge in [0.1, 0.15) is 5.60 Å². The third kappa shape index (κ3) is 9.22. The maximum Gasteiger partial charge on any atom is 0.411 e. The molecule has 0 spiro atoms. The molecule has 1 rings (SSSR count). The summed E-state index contributed by atoms with van der Waals surface area (Å²) in [6.45, 7) is 11.5. The molecule has 1 aromatic carbocycles. The first kappa shape index (κ1) is 24.0. The monoisotopic (exact) mass is 393 g/mol. The molecule has 1 atom stereocenters. The highest BCUT2D eigenvalue weighted by Crippen LogP contribution is 2.17. The Kier molecular flexibility index (Phi) is 8.95. The number of hydrogen-bond acceptors (Lipinski definition) is 5. The van der Waals surface area contributed by atoms with Gasteiger partial charge in [-0.2, -0.15) is 0 Å². The molecule has 0 aliphatic carbocycles. The van der Waals surface area contributed by atoms with Gasteiger partial charge < -0.3 is 14.2 Å². The summed E-state index contributed by atoms with van der Waals surface area (Å²) in [6, 6.07) is 9.14. The molecule has 6 heteroatoms. The minimum atomic E-state index is -0.866. The Morgan fingerprint density at radius 2 is 1.61 bits per heavy atom. The summed E-state index contributed by atoms with van der Waals surface area (Å²) in [5, 5.41) is 0. The number of aryl methyl sites for hydroxylation is 1. The van der Waals surface area contributed by atoms with E-state index < -0.39 is 29.3 Å². The normalized spacial score (nSPS) is 13.0. The van der Waals surface area contributed by atoms with Crippen LogP contribution in [0.15, 0.2) is 30.3 Å². The molecule has 0 saturated heterocycles. The van der Waals surface area contributed by atoms with E-state index in [1.807, 2.05) is 51.1 Å². The number of hydrogen-bond donors (Lipinski definition) is 0. The molecule has 28 heavy (non-hydrogen) atoms. The summed E-state index contributed by atoms with van der Waals surface area (Å²) in [5.74, 6) is -0.519. The Bertz CT molecular complexity index is 616. The van der Waals surface area contributed by atoms with Crippen molar-refractivity contribution >= 4 is 12.1 Å². The summed E-state index contributed by atoms with van der Waals surface area (Å²) in [4.78, 5) is 26.7. The number of methoxy groups -OCH3 is 1. The van der Waals surface area contributed by atoms with Gasteiger partial charge in [-0.25, -0.2) is 9.59 Å². The number of ether oxygens (including phenoxy) is 3. The van der Waals surface area contributed by atoms with Crippen LogP contribution in [0.1, 0.15) is 53.5 Å². The highest BCUT2D eigenvalue weighted by atomic mass is 16.6. The van der Waals surface area contributed by atoms with E-state index in [-0.39, 0.29) is 6.61 Å². The van der Waals surface area contributed by atoms with Crippen LogP contribution in [0.25, 0.3) is 0 Å². The molecule has 1 unspecified atom stereocenters. The molecule has 158 valence electrons. The molecular formula is C22H35NO5. The maximum atomic E-state index is 12.8. The number of amides is 1. The fourth-order valence-corrected chi connectivity index (χ4v) is 2.54. The molecule has 1 amide bonds. The van der Waals surface area contributed by atoms with E-state index in [1.165, 1.54) is 17.6 Å². The summed E-state index contributed by atoms with van der Waals surface area (Å²) >= 11 is 0. The van der Waals surface area contributed by atoms with E-state index in [4.69, 9.17) is 14.2 Å². The first-order valence-electron chi connectivity index (χ1n) is 9.68. The lowest BCUT2D eigenvalue weighted by Gasteiger charge is -2.33. The molecule has 0 saturated carbocycles. The largest absolute Gasteiger partial charge is 0.467 e. The van der Waals surface area contributed by atoms with Crippen molar-refractivity contribution in [2.24, 2.45) is 0 Å². The zero-order valence-corrected chi connectivity index (χ0v) is 18.3. The standard InChI is InChI=1S/C22H35NO5/c1-21(2,3)27-16-18(19(24)26-7)23(20(25)28-22(4,5)6)15-11-14-17-12-9-8-10-13-17/h8-10,12-13,18H,11,14-16H2,1-7H3. The lowest BCUT2D eigenvalue weighted by Crippen LogP contribution is -2.51. The third-order valence-corrected chi connectivity index (χ3v) is 3.86. The van der Waals surface area contributed by atoms with Gasteiger partial charge in [-0.1, -0.05) is 30.3 Å². The van der Waals surface area contributed by atoms with Crippen LogP contribution in [0.3, 0.4) is 0 Å². The molecular weight excluding hydrogens is 358 g/mol. The Balaban J connectivity index is 2.95. The Labute approximate surface area is 169 Å². The highest BCUT2D eigenvalue weighted by molar-refractivity contribution is 5.81. The summed E-state index contributed by atoms with van der Waals surface area (Å²) < 4.78 is 16.3. The van der Waals surface area contributed by atoms with E-state index in [2.05, 4.69) is 0 Å². The van der Waals surface area contributed by atoms with Crippen LogP contribution < -0.4 is 0 Å². The van der Waals surface area contributed by atoms with Gasteiger partial charge in [-0.15, -0.1) is 0 Å². The zero-order valence-electron chi connectivity index (χ0n) is 18.3. The number of carbonyl (C=O) groups excluding carboxylic acids is 2. The predicted molar refractivity (Wildman–Crippen MR) is 109 cm³/mol. The van der Waals surface area contributed by atoms with Crippen LogP contribution in [0, 0.1) is 0 Å². The van der Waals surface area contributed by atoms with Crippen molar-refractivity contribution in [2.75, 3.05) is 20.3 Å². The second kappa shape index (κ2) is 10.5. The molecule has 0 bridgehead atoms. The molecule has 0 heterocycles. The molecule has 0 aromatic heterocycles. The van der Waals surface area contributed by atoms with Gasteiger partial charge in [0.25, 0.3) is 0 Å². The molecule has 1 aromatic rings. The minimum Gasteiger partial charge on any atom is -0.467 e. The smallest absolute Gasteiger partial charge is 0.411 e. The van der Waals surface area contributed by atoms with Gasteiger partial charge in [0, 0.05) is 6.54 Å². The van der Waals surface area contributed by atoms with Crippen molar-refractivity contribution in [3.05, 3.63) is 35.9 Å². The van der Waals surface area contributed by atoms with Crippen molar-refractivity contribution in [3.63, 3.8) is 0 Å². The van der Waals surface area contributed by atoms with E-state index in [1.54, 1.807) is 20.8 Å². The lowest BCUT2D eigenvalue weighted by molar-refractivity contribution is -0.151. The Morgan fingerprint density at radius 1 is 1.00 bits per heavy atom. The highest BCUT2D eigenvalue weighted by Gasteiger charge is 2.34. The van der Waals surface area contributed by atoms with Crippen LogP contribution >= 0.6 is 0 Å². The van der Waals surface area contributed by atoms with Crippen LogP contribution in [-0.4, -0.2) is 54.5 Å². The summed E-state index contributed by atoms with van der Waals surface area (Å²) in [6.07, 6.45) is 0.925. The van der Waals surface area contributed by atoms with Gasteiger partial charge in [-0.3, -0.25) is 4.90 Å². The maximum absolute atomic E-state index is 12.8. The predicted octanol–water partition coefficient (Wildman–Crippen LogP) is 4.21.